The summed E-state index contributed by atoms with van der Waals surface area (Å²) in [4.78, 5) is 0. The van der Waals surface area contributed by atoms with Crippen molar-refractivity contribution in [3.63, 3.8) is 0 Å². The van der Waals surface area contributed by atoms with E-state index < -0.39 is 0 Å². The van der Waals surface area contributed by atoms with E-state index in [1.165, 1.54) is 0 Å². The molecule has 0 fully saturated rings. The second-order valence-corrected chi connectivity index (χ2v) is 4.61. The summed E-state index contributed by atoms with van der Waals surface area (Å²) >= 11 is 11.8. The normalized spacial score (nSPS) is 10.8. The third-order valence-corrected chi connectivity index (χ3v) is 3.19. The molecule has 1 heterocycles. The minimum Gasteiger partial charge on any atom is -0.460 e. The van der Waals surface area contributed by atoms with Crippen LogP contribution in [-0.4, -0.2) is 18.3 Å². The monoisotopic (exact) mass is 285 g/mol. The number of hydrogen-bond acceptors (Lipinski definition) is 3. The molecular weight excluding hydrogens is 273 g/mol. The van der Waals surface area contributed by atoms with E-state index in [-0.39, 0.29) is 6.61 Å². The number of benzene rings is 1. The maximum Gasteiger partial charge on any atom is 0.134 e. The molecule has 3 nitrogen and oxygen atoms in total. The van der Waals surface area contributed by atoms with Crippen molar-refractivity contribution in [2.75, 3.05) is 13.2 Å². The quantitative estimate of drug-likeness (QED) is 0.829. The van der Waals surface area contributed by atoms with E-state index >= 15 is 0 Å². The number of hydrogen-bond donors (Lipinski definition) is 2. The molecule has 0 saturated carbocycles. The summed E-state index contributed by atoms with van der Waals surface area (Å²) in [5.41, 5.74) is 0.887. The van der Waals surface area contributed by atoms with E-state index in [9.17, 15) is 0 Å². The summed E-state index contributed by atoms with van der Waals surface area (Å²) < 4.78 is 5.67. The van der Waals surface area contributed by atoms with Gasteiger partial charge in [-0.25, -0.2) is 0 Å². The van der Waals surface area contributed by atoms with Gasteiger partial charge < -0.3 is 14.8 Å². The lowest BCUT2D eigenvalue weighted by Crippen LogP contribution is -2.16. The van der Waals surface area contributed by atoms with Crippen molar-refractivity contribution >= 4 is 23.2 Å². The van der Waals surface area contributed by atoms with E-state index in [2.05, 4.69) is 5.32 Å². The first-order valence-corrected chi connectivity index (χ1v) is 6.32. The van der Waals surface area contributed by atoms with Gasteiger partial charge >= 0.3 is 0 Å². The van der Waals surface area contributed by atoms with E-state index in [0.29, 0.717) is 23.1 Å². The van der Waals surface area contributed by atoms with Gasteiger partial charge in [0.15, 0.2) is 0 Å². The van der Waals surface area contributed by atoms with E-state index in [1.807, 2.05) is 18.2 Å². The third-order valence-electron chi connectivity index (χ3n) is 2.45. The molecule has 0 atom stereocenters. The lowest BCUT2D eigenvalue weighted by atomic mass is 10.2. The van der Waals surface area contributed by atoms with Crippen LogP contribution in [0.2, 0.25) is 10.0 Å². The summed E-state index contributed by atoms with van der Waals surface area (Å²) in [6, 6.07) is 9.15. The summed E-state index contributed by atoms with van der Waals surface area (Å²) in [5.74, 6) is 1.55. The summed E-state index contributed by atoms with van der Waals surface area (Å²) in [5, 5.41) is 12.7. The minimum atomic E-state index is 0.111. The summed E-state index contributed by atoms with van der Waals surface area (Å²) in [6.07, 6.45) is 0. The van der Waals surface area contributed by atoms with Gasteiger partial charge in [0, 0.05) is 12.1 Å². The molecule has 0 aliphatic rings. The van der Waals surface area contributed by atoms with Crippen molar-refractivity contribution < 1.29 is 9.52 Å². The van der Waals surface area contributed by atoms with Crippen molar-refractivity contribution in [3.05, 3.63) is 46.1 Å². The molecule has 0 spiro atoms. The highest BCUT2D eigenvalue weighted by molar-refractivity contribution is 6.42. The molecule has 2 N–H and O–H groups in total. The predicted octanol–water partition coefficient (Wildman–Crippen LogP) is 3.34. The molecule has 2 aromatic rings. The number of aliphatic hydroxyl groups excluding tert-OH is 1. The van der Waals surface area contributed by atoms with Gasteiger partial charge in [-0.1, -0.05) is 23.2 Å². The lowest BCUT2D eigenvalue weighted by molar-refractivity contribution is 0.290. The van der Waals surface area contributed by atoms with Crippen molar-refractivity contribution in [2.24, 2.45) is 0 Å². The fourth-order valence-electron chi connectivity index (χ4n) is 1.57. The predicted molar refractivity (Wildman–Crippen MR) is 73.0 cm³/mol. The fourth-order valence-corrected chi connectivity index (χ4v) is 1.87. The van der Waals surface area contributed by atoms with E-state index in [4.69, 9.17) is 32.7 Å². The first-order valence-electron chi connectivity index (χ1n) is 5.56. The van der Waals surface area contributed by atoms with Gasteiger partial charge in [-0.3, -0.25) is 0 Å². The molecule has 5 heteroatoms. The zero-order chi connectivity index (χ0) is 13.0. The standard InChI is InChI=1S/C13H13Cl2NO2/c14-11-3-1-9(7-12(11)15)13-4-2-10(18-13)8-16-5-6-17/h1-4,7,16-17H,5-6,8H2. The second-order valence-electron chi connectivity index (χ2n) is 3.80. The van der Waals surface area contributed by atoms with Crippen LogP contribution in [0, 0.1) is 0 Å². The van der Waals surface area contributed by atoms with Crippen LogP contribution in [0.1, 0.15) is 5.76 Å². The van der Waals surface area contributed by atoms with Crippen molar-refractivity contribution in [2.45, 2.75) is 6.54 Å². The van der Waals surface area contributed by atoms with Crippen molar-refractivity contribution in [3.8, 4) is 11.3 Å². The molecule has 0 aliphatic heterocycles. The van der Waals surface area contributed by atoms with Crippen molar-refractivity contribution in [1.82, 2.24) is 5.32 Å². The first-order chi connectivity index (χ1) is 8.70. The Bertz CT molecular complexity index is 525. The number of rotatable bonds is 5. The minimum absolute atomic E-state index is 0.111. The SMILES string of the molecule is OCCNCc1ccc(-c2ccc(Cl)c(Cl)c2)o1. The van der Waals surface area contributed by atoms with Crippen LogP contribution in [0.25, 0.3) is 11.3 Å². The number of aliphatic hydroxyl groups is 1. The summed E-state index contributed by atoms with van der Waals surface area (Å²) in [6.45, 7) is 1.24. The molecule has 1 aromatic carbocycles. The summed E-state index contributed by atoms with van der Waals surface area (Å²) in [7, 11) is 0. The average molecular weight is 286 g/mol. The first kappa shape index (κ1) is 13.4. The molecule has 0 bridgehead atoms. The Labute approximate surface area is 115 Å². The molecule has 2 rings (SSSR count). The number of furan rings is 1. The molecule has 0 amide bonds. The van der Waals surface area contributed by atoms with E-state index in [1.54, 1.807) is 12.1 Å². The second kappa shape index (κ2) is 6.25. The smallest absolute Gasteiger partial charge is 0.134 e. The molecule has 0 aliphatic carbocycles. The van der Waals surface area contributed by atoms with Crippen molar-refractivity contribution in [1.29, 1.82) is 0 Å². The molecule has 18 heavy (non-hydrogen) atoms. The van der Waals surface area contributed by atoms with Crippen LogP contribution in [0.4, 0.5) is 0 Å². The Kier molecular flexibility index (Phi) is 4.66. The Morgan fingerprint density at radius 3 is 2.67 bits per heavy atom. The molecule has 0 radical (unpaired) electrons. The van der Waals surface area contributed by atoms with Crippen LogP contribution in [-0.2, 0) is 6.54 Å². The average Bonchev–Trinajstić information content (AvgIpc) is 2.82. The highest BCUT2D eigenvalue weighted by Gasteiger charge is 2.06. The lowest BCUT2D eigenvalue weighted by Gasteiger charge is -2.01. The fraction of sp³-hybridized carbons (Fsp3) is 0.231. The van der Waals surface area contributed by atoms with Crippen LogP contribution in [0.5, 0.6) is 0 Å². The largest absolute Gasteiger partial charge is 0.460 e. The molecule has 96 valence electrons. The molecule has 1 aromatic heterocycles. The number of halogens is 2. The van der Waals surface area contributed by atoms with Gasteiger partial charge in [-0.2, -0.15) is 0 Å². The molecule has 0 unspecified atom stereocenters. The highest BCUT2D eigenvalue weighted by Crippen LogP contribution is 2.29. The van der Waals surface area contributed by atoms with Crippen LogP contribution in [0.15, 0.2) is 34.7 Å². The Morgan fingerprint density at radius 2 is 1.94 bits per heavy atom. The Hall–Kier alpha value is -1.00. The van der Waals surface area contributed by atoms with Gasteiger partial charge in [0.2, 0.25) is 0 Å². The van der Waals surface area contributed by atoms with Crippen LogP contribution in [0.3, 0.4) is 0 Å². The maximum atomic E-state index is 8.66. The van der Waals surface area contributed by atoms with Gasteiger partial charge in [0.25, 0.3) is 0 Å². The topological polar surface area (TPSA) is 45.4 Å². The van der Waals surface area contributed by atoms with E-state index in [0.717, 1.165) is 17.1 Å². The van der Waals surface area contributed by atoms with Crippen LogP contribution >= 0.6 is 23.2 Å². The Balaban J connectivity index is 2.11. The van der Waals surface area contributed by atoms with Crippen LogP contribution < -0.4 is 5.32 Å². The third kappa shape index (κ3) is 3.27. The van der Waals surface area contributed by atoms with Gasteiger partial charge in [0.05, 0.1) is 23.2 Å². The van der Waals surface area contributed by atoms with Gasteiger partial charge in [0.1, 0.15) is 11.5 Å². The highest BCUT2D eigenvalue weighted by atomic mass is 35.5. The molecular formula is C13H13Cl2NO2. The zero-order valence-corrected chi connectivity index (χ0v) is 11.1. The zero-order valence-electron chi connectivity index (χ0n) is 9.62. The van der Waals surface area contributed by atoms with Gasteiger partial charge in [-0.05, 0) is 30.3 Å². The number of nitrogens with one attached hydrogen (secondary N) is 1. The Morgan fingerprint density at radius 1 is 1.11 bits per heavy atom. The van der Waals surface area contributed by atoms with Gasteiger partial charge in [-0.15, -0.1) is 0 Å². The maximum absolute atomic E-state index is 8.66. The molecule has 0 saturated heterocycles.